The van der Waals surface area contributed by atoms with Crippen LogP contribution in [-0.4, -0.2) is 30.6 Å². The van der Waals surface area contributed by atoms with Gasteiger partial charge in [0.1, 0.15) is 29.4 Å². The van der Waals surface area contributed by atoms with Crippen LogP contribution in [0.25, 0.3) is 11.5 Å². The van der Waals surface area contributed by atoms with Crippen LogP contribution >= 0.6 is 12.4 Å². The Labute approximate surface area is 208 Å². The van der Waals surface area contributed by atoms with Gasteiger partial charge in [-0.25, -0.2) is 14.4 Å². The molecule has 1 amide bonds. The van der Waals surface area contributed by atoms with E-state index in [-0.39, 0.29) is 29.8 Å². The van der Waals surface area contributed by atoms with Crippen molar-refractivity contribution in [3.63, 3.8) is 0 Å². The number of carbonyl (C=O) groups excluding carboxylic acids is 1. The number of halogens is 2. The van der Waals surface area contributed by atoms with E-state index >= 15 is 0 Å². The normalized spacial score (nSPS) is 12.8. The molecule has 3 aromatic heterocycles. The molecule has 1 saturated carbocycles. The predicted molar refractivity (Wildman–Crippen MR) is 132 cm³/mol. The molecule has 0 aliphatic heterocycles. The minimum atomic E-state index is -0.669. The third-order valence-corrected chi connectivity index (χ3v) is 5.56. The Balaban J connectivity index is 0.00000289. The van der Waals surface area contributed by atoms with Gasteiger partial charge in [0.25, 0.3) is 5.91 Å². The third-order valence-electron chi connectivity index (χ3n) is 5.56. The maximum Gasteiger partial charge on any atom is 0.259 e. The highest BCUT2D eigenvalue weighted by Crippen LogP contribution is 2.40. The maximum absolute atomic E-state index is 14.5. The largest absolute Gasteiger partial charge is 0.439 e. The summed E-state index contributed by atoms with van der Waals surface area (Å²) in [5, 5.41) is 10.7. The molecular weight excluding hydrogens is 471 g/mol. The smallest absolute Gasteiger partial charge is 0.259 e. The number of nitrogens with one attached hydrogen (secondary N) is 1. The van der Waals surface area contributed by atoms with Crippen molar-refractivity contribution in [3.05, 3.63) is 78.0 Å². The molecule has 3 heterocycles. The number of nitrogens with zero attached hydrogens (tertiary/aromatic N) is 5. The molecule has 1 aliphatic rings. The van der Waals surface area contributed by atoms with Gasteiger partial charge in [-0.1, -0.05) is 12.1 Å². The molecule has 1 aromatic carbocycles. The van der Waals surface area contributed by atoms with E-state index in [0.29, 0.717) is 29.1 Å². The van der Waals surface area contributed by atoms with Gasteiger partial charge in [0.15, 0.2) is 5.82 Å². The number of aromatic nitrogens is 5. The Morgan fingerprint density at radius 3 is 2.71 bits per heavy atom. The summed E-state index contributed by atoms with van der Waals surface area (Å²) >= 11 is 0. The summed E-state index contributed by atoms with van der Waals surface area (Å²) in [5.74, 6) is 0.816. The molecule has 35 heavy (non-hydrogen) atoms. The summed E-state index contributed by atoms with van der Waals surface area (Å²) in [7, 11) is 0. The van der Waals surface area contributed by atoms with E-state index in [1.165, 1.54) is 36.6 Å². The van der Waals surface area contributed by atoms with Crippen LogP contribution in [0.15, 0.2) is 61.1 Å². The summed E-state index contributed by atoms with van der Waals surface area (Å²) in [5.41, 5.74) is 1.57. The molecule has 5 rings (SSSR count). The summed E-state index contributed by atoms with van der Waals surface area (Å²) in [4.78, 5) is 21.6. The molecule has 180 valence electrons. The van der Waals surface area contributed by atoms with Crippen LogP contribution in [0.4, 0.5) is 10.2 Å². The zero-order valence-electron chi connectivity index (χ0n) is 19.2. The standard InChI is InChI=1S/C25H23FN6O2.ClH/c1-15(2)32-14-28-31-24(32)21-4-3-5-22(29-21)30-25(33)19-12-18(9-10-20(19)26)34-23-11-8-17(13-27-23)16-6-7-16;/h3-5,8-16H,6-7H2,1-2H3,(H,29,30,33);1H. The molecule has 1 aliphatic carbocycles. The molecule has 10 heteroatoms. The number of hydrogen-bond acceptors (Lipinski definition) is 6. The first kappa shape index (κ1) is 24.3. The highest BCUT2D eigenvalue weighted by atomic mass is 35.5. The lowest BCUT2D eigenvalue weighted by Crippen LogP contribution is -2.15. The number of hydrogen-bond donors (Lipinski definition) is 1. The van der Waals surface area contributed by atoms with Crippen molar-refractivity contribution in [2.75, 3.05) is 5.32 Å². The second-order valence-electron chi connectivity index (χ2n) is 8.47. The van der Waals surface area contributed by atoms with E-state index in [1.807, 2.05) is 24.5 Å². The van der Waals surface area contributed by atoms with Gasteiger partial charge < -0.3 is 14.6 Å². The number of benzene rings is 1. The van der Waals surface area contributed by atoms with E-state index in [0.717, 1.165) is 0 Å². The van der Waals surface area contributed by atoms with Gasteiger partial charge in [-0.15, -0.1) is 22.6 Å². The van der Waals surface area contributed by atoms with Crippen molar-refractivity contribution in [2.45, 2.75) is 38.6 Å². The van der Waals surface area contributed by atoms with Crippen molar-refractivity contribution in [2.24, 2.45) is 0 Å². The molecule has 0 unspecified atom stereocenters. The molecular formula is C25H24ClFN6O2. The Morgan fingerprint density at radius 2 is 2.00 bits per heavy atom. The molecule has 0 saturated heterocycles. The second-order valence-corrected chi connectivity index (χ2v) is 8.47. The van der Waals surface area contributed by atoms with Gasteiger partial charge in [0.2, 0.25) is 5.88 Å². The lowest BCUT2D eigenvalue weighted by molar-refractivity contribution is 0.102. The average Bonchev–Trinajstić information content (AvgIpc) is 3.56. The van der Waals surface area contributed by atoms with Crippen molar-refractivity contribution < 1.29 is 13.9 Å². The zero-order valence-corrected chi connectivity index (χ0v) is 20.0. The second kappa shape index (κ2) is 10.2. The van der Waals surface area contributed by atoms with Crippen LogP contribution in [0.3, 0.4) is 0 Å². The van der Waals surface area contributed by atoms with E-state index in [1.54, 1.807) is 36.8 Å². The minimum absolute atomic E-state index is 0. The molecule has 8 nitrogen and oxygen atoms in total. The number of carbonyl (C=O) groups is 1. The molecule has 0 radical (unpaired) electrons. The van der Waals surface area contributed by atoms with E-state index in [9.17, 15) is 9.18 Å². The topological polar surface area (TPSA) is 94.8 Å². The van der Waals surface area contributed by atoms with E-state index in [4.69, 9.17) is 4.74 Å². The number of amides is 1. The Hall–Kier alpha value is -3.85. The van der Waals surface area contributed by atoms with Crippen LogP contribution in [0.5, 0.6) is 11.6 Å². The zero-order chi connectivity index (χ0) is 23.7. The summed E-state index contributed by atoms with van der Waals surface area (Å²) in [6.45, 7) is 4.01. The summed E-state index contributed by atoms with van der Waals surface area (Å²) in [6, 6.07) is 13.0. The highest BCUT2D eigenvalue weighted by Gasteiger charge is 2.23. The minimum Gasteiger partial charge on any atom is -0.439 e. The fourth-order valence-corrected chi connectivity index (χ4v) is 3.59. The first-order valence-electron chi connectivity index (χ1n) is 11.1. The Morgan fingerprint density at radius 1 is 1.17 bits per heavy atom. The van der Waals surface area contributed by atoms with Crippen molar-refractivity contribution in [3.8, 4) is 23.1 Å². The van der Waals surface area contributed by atoms with Crippen molar-refractivity contribution in [1.82, 2.24) is 24.7 Å². The Bertz CT molecular complexity index is 1340. The molecule has 0 bridgehead atoms. The number of pyridine rings is 2. The lowest BCUT2D eigenvalue weighted by Gasteiger charge is -2.11. The van der Waals surface area contributed by atoms with Gasteiger partial charge in [-0.05, 0) is 68.5 Å². The van der Waals surface area contributed by atoms with Crippen LogP contribution in [0, 0.1) is 5.82 Å². The number of rotatable bonds is 7. The fourth-order valence-electron chi connectivity index (χ4n) is 3.59. The maximum atomic E-state index is 14.5. The number of anilines is 1. The monoisotopic (exact) mass is 494 g/mol. The van der Waals surface area contributed by atoms with Gasteiger partial charge in [0.05, 0.1) is 5.56 Å². The van der Waals surface area contributed by atoms with Crippen molar-refractivity contribution >= 4 is 24.1 Å². The highest BCUT2D eigenvalue weighted by molar-refractivity contribution is 6.04. The van der Waals surface area contributed by atoms with Gasteiger partial charge in [0, 0.05) is 18.3 Å². The molecule has 0 atom stereocenters. The molecule has 1 N–H and O–H groups in total. The molecule has 0 spiro atoms. The van der Waals surface area contributed by atoms with Crippen LogP contribution in [0.1, 0.15) is 54.6 Å². The van der Waals surface area contributed by atoms with Crippen LogP contribution < -0.4 is 10.1 Å². The molecule has 4 aromatic rings. The molecule has 1 fully saturated rings. The quantitative estimate of drug-likeness (QED) is 0.349. The average molecular weight is 495 g/mol. The predicted octanol–water partition coefficient (Wildman–Crippen LogP) is 5.80. The third kappa shape index (κ3) is 5.46. The Kier molecular flexibility index (Phi) is 7.07. The summed E-state index contributed by atoms with van der Waals surface area (Å²) in [6.07, 6.45) is 5.80. The van der Waals surface area contributed by atoms with Gasteiger partial charge in [-0.2, -0.15) is 0 Å². The first-order chi connectivity index (χ1) is 16.5. The first-order valence-corrected chi connectivity index (χ1v) is 11.1. The van der Waals surface area contributed by atoms with Gasteiger partial charge in [-0.3, -0.25) is 4.79 Å². The van der Waals surface area contributed by atoms with Crippen LogP contribution in [0.2, 0.25) is 0 Å². The van der Waals surface area contributed by atoms with E-state index in [2.05, 4.69) is 25.5 Å². The lowest BCUT2D eigenvalue weighted by atomic mass is 10.2. The van der Waals surface area contributed by atoms with E-state index < -0.39 is 11.7 Å². The number of ether oxygens (including phenoxy) is 1. The van der Waals surface area contributed by atoms with Crippen LogP contribution in [-0.2, 0) is 0 Å². The summed E-state index contributed by atoms with van der Waals surface area (Å²) < 4.78 is 22.1. The van der Waals surface area contributed by atoms with Gasteiger partial charge >= 0.3 is 0 Å². The SMILES string of the molecule is CC(C)n1cnnc1-c1cccc(NC(=O)c2cc(Oc3ccc(C4CC4)cn3)ccc2F)n1.Cl. The fraction of sp³-hybridized carbons (Fsp3) is 0.240. The van der Waals surface area contributed by atoms with Crippen molar-refractivity contribution in [1.29, 1.82) is 0 Å².